The molecule has 0 radical (unpaired) electrons. The highest BCUT2D eigenvalue weighted by Crippen LogP contribution is 2.39. The van der Waals surface area contributed by atoms with Crippen LogP contribution in [0.3, 0.4) is 0 Å². The molecule has 0 aliphatic rings. The van der Waals surface area contributed by atoms with Crippen LogP contribution in [0.25, 0.3) is 6.08 Å². The number of ether oxygens (including phenoxy) is 8. The minimum atomic E-state index is -0.596. The summed E-state index contributed by atoms with van der Waals surface area (Å²) in [6.07, 6.45) is 1.46. The van der Waals surface area contributed by atoms with Crippen LogP contribution in [0.2, 0.25) is 0 Å². The van der Waals surface area contributed by atoms with Crippen LogP contribution in [0.4, 0.5) is 0 Å². The molecule has 40 heavy (non-hydrogen) atoms. The minimum Gasteiger partial charge on any atom is -0.493 e. The summed E-state index contributed by atoms with van der Waals surface area (Å²) in [5, 5.41) is 0. The smallest absolute Gasteiger partial charge is 0.339 e. The van der Waals surface area contributed by atoms with Crippen LogP contribution in [0.15, 0.2) is 49.0 Å². The summed E-state index contributed by atoms with van der Waals surface area (Å²) >= 11 is 0. The molecule has 0 aliphatic heterocycles. The molecule has 0 aliphatic carbocycles. The fraction of sp³-hybridized carbons (Fsp3) is 0.267. The Morgan fingerprint density at radius 2 is 1.05 bits per heavy atom. The average Bonchev–Trinajstić information content (AvgIpc) is 3.00. The molecule has 10 heteroatoms. The summed E-state index contributed by atoms with van der Waals surface area (Å²) in [7, 11) is 9.01. The molecule has 0 fully saturated rings. The Labute approximate surface area is 232 Å². The van der Waals surface area contributed by atoms with Crippen molar-refractivity contribution >= 4 is 18.0 Å². The molecule has 0 heterocycles. The second-order valence-electron chi connectivity index (χ2n) is 8.23. The van der Waals surface area contributed by atoms with E-state index < -0.39 is 11.9 Å². The van der Waals surface area contributed by atoms with E-state index in [1.54, 1.807) is 24.3 Å². The molecule has 212 valence electrons. The fourth-order valence-corrected chi connectivity index (χ4v) is 3.94. The fourth-order valence-electron chi connectivity index (χ4n) is 3.94. The lowest BCUT2D eigenvalue weighted by molar-refractivity contribution is 0.0458. The van der Waals surface area contributed by atoms with Gasteiger partial charge in [0.05, 0.1) is 53.8 Å². The predicted octanol–water partition coefficient (Wildman–Crippen LogP) is 5.10. The summed E-state index contributed by atoms with van der Waals surface area (Å²) in [4.78, 5) is 25.7. The quantitative estimate of drug-likeness (QED) is 0.266. The van der Waals surface area contributed by atoms with Gasteiger partial charge in [-0.3, -0.25) is 0 Å². The number of hydrogen-bond donors (Lipinski definition) is 0. The molecule has 10 nitrogen and oxygen atoms in total. The first kappa shape index (κ1) is 29.7. The number of rotatable bonds is 13. The molecule has 0 bridgehead atoms. The van der Waals surface area contributed by atoms with Crippen molar-refractivity contribution in [3.05, 3.63) is 76.9 Å². The third-order valence-electron chi connectivity index (χ3n) is 5.92. The SMILES string of the molecule is C=Cc1cc(C(=O)OCc2cc(OC)c(OC)c(OC)c2)ccc1C(=O)OCc1cc(OC)c(OC)c(OC)c1. The summed E-state index contributed by atoms with van der Waals surface area (Å²) < 4.78 is 43.0. The maximum Gasteiger partial charge on any atom is 0.339 e. The molecular formula is C30H32O10. The third-order valence-corrected chi connectivity index (χ3v) is 5.92. The van der Waals surface area contributed by atoms with E-state index in [2.05, 4.69) is 6.58 Å². The van der Waals surface area contributed by atoms with Gasteiger partial charge >= 0.3 is 11.9 Å². The normalized spacial score (nSPS) is 10.2. The molecule has 0 aromatic heterocycles. The predicted molar refractivity (Wildman–Crippen MR) is 147 cm³/mol. The summed E-state index contributed by atoms with van der Waals surface area (Å²) in [5.41, 5.74) is 2.16. The maximum atomic E-state index is 12.9. The number of carbonyl (C=O) groups is 2. The second-order valence-corrected chi connectivity index (χ2v) is 8.23. The highest BCUT2D eigenvalue weighted by molar-refractivity contribution is 5.97. The molecule has 3 rings (SSSR count). The monoisotopic (exact) mass is 552 g/mol. The van der Waals surface area contributed by atoms with E-state index >= 15 is 0 Å². The second kappa shape index (κ2) is 13.8. The Hall–Kier alpha value is -4.86. The number of esters is 2. The van der Waals surface area contributed by atoms with E-state index in [4.69, 9.17) is 37.9 Å². The molecule has 3 aromatic carbocycles. The Bertz CT molecular complexity index is 1330. The molecule has 0 N–H and O–H groups in total. The Morgan fingerprint density at radius 1 is 0.625 bits per heavy atom. The van der Waals surface area contributed by atoms with Crippen LogP contribution in [0.1, 0.15) is 37.4 Å². The van der Waals surface area contributed by atoms with Crippen molar-refractivity contribution in [1.82, 2.24) is 0 Å². The van der Waals surface area contributed by atoms with Gasteiger partial charge in [-0.25, -0.2) is 9.59 Å². The van der Waals surface area contributed by atoms with Crippen LogP contribution in [-0.2, 0) is 22.7 Å². The van der Waals surface area contributed by atoms with Crippen molar-refractivity contribution in [3.63, 3.8) is 0 Å². The molecule has 0 unspecified atom stereocenters. The van der Waals surface area contributed by atoms with Gasteiger partial charge in [-0.1, -0.05) is 12.7 Å². The molecular weight excluding hydrogens is 520 g/mol. The summed E-state index contributed by atoms with van der Waals surface area (Å²) in [6, 6.07) is 11.3. The maximum absolute atomic E-state index is 12.9. The summed E-state index contributed by atoms with van der Waals surface area (Å²) in [6.45, 7) is 3.66. The highest BCUT2D eigenvalue weighted by Gasteiger charge is 2.19. The van der Waals surface area contributed by atoms with Crippen LogP contribution in [-0.4, -0.2) is 54.6 Å². The first-order valence-electron chi connectivity index (χ1n) is 12.0. The van der Waals surface area contributed by atoms with Gasteiger partial charge in [-0.15, -0.1) is 0 Å². The number of methoxy groups -OCH3 is 6. The number of carbonyl (C=O) groups excluding carboxylic acids is 2. The van der Waals surface area contributed by atoms with Gasteiger partial charge in [-0.2, -0.15) is 0 Å². The largest absolute Gasteiger partial charge is 0.493 e. The highest BCUT2D eigenvalue weighted by atomic mass is 16.5. The molecule has 0 spiro atoms. The zero-order chi connectivity index (χ0) is 29.2. The van der Waals surface area contributed by atoms with Gasteiger partial charge < -0.3 is 37.9 Å². The van der Waals surface area contributed by atoms with Gasteiger partial charge in [0.2, 0.25) is 11.5 Å². The summed E-state index contributed by atoms with van der Waals surface area (Å²) in [5.74, 6) is 1.44. The molecule has 3 aromatic rings. The van der Waals surface area contributed by atoms with E-state index in [9.17, 15) is 9.59 Å². The Morgan fingerprint density at radius 3 is 1.43 bits per heavy atom. The average molecular weight is 553 g/mol. The topological polar surface area (TPSA) is 108 Å². The van der Waals surface area contributed by atoms with Crippen LogP contribution >= 0.6 is 0 Å². The molecule has 0 amide bonds. The van der Waals surface area contributed by atoms with E-state index in [1.165, 1.54) is 66.9 Å². The third kappa shape index (κ3) is 6.58. The molecule has 0 atom stereocenters. The first-order chi connectivity index (χ1) is 19.3. The number of benzene rings is 3. The van der Waals surface area contributed by atoms with E-state index in [-0.39, 0.29) is 24.3 Å². The lowest BCUT2D eigenvalue weighted by Crippen LogP contribution is -2.10. The van der Waals surface area contributed by atoms with E-state index in [0.29, 0.717) is 51.2 Å². The lowest BCUT2D eigenvalue weighted by atomic mass is 10.0. The van der Waals surface area contributed by atoms with Crippen LogP contribution in [0, 0.1) is 0 Å². The van der Waals surface area contributed by atoms with E-state index in [0.717, 1.165) is 0 Å². The van der Waals surface area contributed by atoms with Gasteiger partial charge in [0.1, 0.15) is 13.2 Å². The Kier molecular flexibility index (Phi) is 10.2. The van der Waals surface area contributed by atoms with Gasteiger partial charge in [0.15, 0.2) is 23.0 Å². The zero-order valence-corrected chi connectivity index (χ0v) is 23.3. The van der Waals surface area contributed by atoms with Crippen LogP contribution in [0.5, 0.6) is 34.5 Å². The van der Waals surface area contributed by atoms with Crippen molar-refractivity contribution < 1.29 is 47.5 Å². The van der Waals surface area contributed by atoms with Crippen molar-refractivity contribution in [1.29, 1.82) is 0 Å². The molecule has 0 saturated carbocycles. The van der Waals surface area contributed by atoms with Crippen molar-refractivity contribution in [2.45, 2.75) is 13.2 Å². The number of hydrogen-bond acceptors (Lipinski definition) is 10. The standard InChI is InChI=1S/C30H32O10/c1-8-20-15-21(29(31)39-16-18-11-23(33-2)27(37-6)24(12-18)34-3)9-10-22(20)30(32)40-17-19-13-25(35-4)28(38-7)26(14-19)36-5/h8-15H,1,16-17H2,2-7H3. The Balaban J connectivity index is 1.72. The zero-order valence-electron chi connectivity index (χ0n) is 23.3. The first-order valence-corrected chi connectivity index (χ1v) is 12.0. The molecule has 0 saturated heterocycles. The lowest BCUT2D eigenvalue weighted by Gasteiger charge is -2.15. The van der Waals surface area contributed by atoms with Gasteiger partial charge in [-0.05, 0) is 59.2 Å². The minimum absolute atomic E-state index is 0.0441. The van der Waals surface area contributed by atoms with Crippen molar-refractivity contribution in [3.8, 4) is 34.5 Å². The van der Waals surface area contributed by atoms with Gasteiger partial charge in [0, 0.05) is 0 Å². The van der Waals surface area contributed by atoms with Gasteiger partial charge in [0.25, 0.3) is 0 Å². The van der Waals surface area contributed by atoms with Crippen LogP contribution < -0.4 is 28.4 Å². The van der Waals surface area contributed by atoms with Crippen molar-refractivity contribution in [2.24, 2.45) is 0 Å². The van der Waals surface area contributed by atoms with E-state index in [1.807, 2.05) is 0 Å². The van der Waals surface area contributed by atoms with Crippen molar-refractivity contribution in [2.75, 3.05) is 42.7 Å².